The Morgan fingerprint density at radius 2 is 2.19 bits per heavy atom. The zero-order valence-corrected chi connectivity index (χ0v) is 21.1. The van der Waals surface area contributed by atoms with E-state index in [1.54, 1.807) is 7.11 Å². The SMILES string of the molecule is CCNC(=NCc1cc2c(cc1OC)CC(C)O2)NC1CCc2nc(CC)nn2C1.I. The number of guanidine groups is 1. The zero-order valence-electron chi connectivity index (χ0n) is 18.8. The molecule has 0 amide bonds. The quantitative estimate of drug-likeness (QED) is 0.333. The average molecular weight is 540 g/mol. The molecule has 2 aliphatic heterocycles. The van der Waals surface area contributed by atoms with Crippen LogP contribution in [0.1, 0.15) is 50.0 Å². The highest BCUT2D eigenvalue weighted by Gasteiger charge is 2.23. The van der Waals surface area contributed by atoms with E-state index in [1.807, 2.05) is 4.68 Å². The minimum Gasteiger partial charge on any atom is -0.496 e. The number of fused-ring (bicyclic) bond motifs is 2. The largest absolute Gasteiger partial charge is 0.496 e. The number of aromatic nitrogens is 3. The van der Waals surface area contributed by atoms with E-state index in [2.05, 4.69) is 53.6 Å². The first-order chi connectivity index (χ1) is 14.6. The summed E-state index contributed by atoms with van der Waals surface area (Å²) < 4.78 is 13.6. The number of hydrogen-bond acceptors (Lipinski definition) is 5. The lowest BCUT2D eigenvalue weighted by Crippen LogP contribution is -2.47. The fraction of sp³-hybridized carbons (Fsp3) is 0.591. The topological polar surface area (TPSA) is 85.6 Å². The van der Waals surface area contributed by atoms with E-state index in [1.165, 1.54) is 5.56 Å². The fourth-order valence-electron chi connectivity index (χ4n) is 4.10. The molecule has 2 aliphatic rings. The standard InChI is InChI=1S/C22H32N6O2.HI/c1-5-20-26-21-8-7-17(13-28(21)27-20)25-22(23-6-2)24-12-16-11-19-15(9-14(3)30-19)10-18(16)29-4;/h10-11,14,17H,5-9,12-13H2,1-4H3,(H2,23,24,25);1H. The number of nitrogens with one attached hydrogen (secondary N) is 2. The number of benzene rings is 1. The van der Waals surface area contributed by atoms with Crippen LogP contribution in [0.2, 0.25) is 0 Å². The van der Waals surface area contributed by atoms with Crippen molar-refractivity contribution in [3.05, 3.63) is 34.9 Å². The van der Waals surface area contributed by atoms with E-state index in [4.69, 9.17) is 14.5 Å². The molecule has 2 aromatic rings. The molecule has 0 saturated heterocycles. The maximum Gasteiger partial charge on any atom is 0.191 e. The van der Waals surface area contributed by atoms with Crippen LogP contribution in [-0.4, -0.2) is 46.5 Å². The van der Waals surface area contributed by atoms with Gasteiger partial charge in [-0.1, -0.05) is 6.92 Å². The molecule has 4 rings (SSSR count). The van der Waals surface area contributed by atoms with E-state index >= 15 is 0 Å². The number of halogens is 1. The maximum atomic E-state index is 5.92. The Morgan fingerprint density at radius 1 is 1.35 bits per heavy atom. The number of hydrogen-bond donors (Lipinski definition) is 2. The Bertz CT molecular complexity index is 929. The summed E-state index contributed by atoms with van der Waals surface area (Å²) in [5.41, 5.74) is 2.23. The number of rotatable bonds is 6. The van der Waals surface area contributed by atoms with Crippen molar-refractivity contribution in [3.8, 4) is 11.5 Å². The van der Waals surface area contributed by atoms with Crippen molar-refractivity contribution < 1.29 is 9.47 Å². The summed E-state index contributed by atoms with van der Waals surface area (Å²) in [6.07, 6.45) is 3.94. The second-order valence-electron chi connectivity index (χ2n) is 7.96. The Hall–Kier alpha value is -2.04. The third-order valence-corrected chi connectivity index (χ3v) is 5.61. The second kappa shape index (κ2) is 10.5. The summed E-state index contributed by atoms with van der Waals surface area (Å²) in [7, 11) is 1.71. The molecule has 9 heteroatoms. The smallest absolute Gasteiger partial charge is 0.191 e. The predicted octanol–water partition coefficient (Wildman–Crippen LogP) is 2.86. The van der Waals surface area contributed by atoms with Crippen molar-refractivity contribution in [2.75, 3.05) is 13.7 Å². The summed E-state index contributed by atoms with van der Waals surface area (Å²) in [5, 5.41) is 11.5. The Balaban J connectivity index is 0.00000272. The molecule has 2 atom stereocenters. The molecule has 1 aromatic heterocycles. The fourth-order valence-corrected chi connectivity index (χ4v) is 4.10. The molecule has 170 valence electrons. The summed E-state index contributed by atoms with van der Waals surface area (Å²) in [6, 6.07) is 4.43. The minimum atomic E-state index is 0. The van der Waals surface area contributed by atoms with Crippen LogP contribution in [0, 0.1) is 0 Å². The van der Waals surface area contributed by atoms with E-state index in [0.717, 1.165) is 73.4 Å². The average Bonchev–Trinajstić information content (AvgIpc) is 3.32. The van der Waals surface area contributed by atoms with Crippen molar-refractivity contribution in [1.82, 2.24) is 25.4 Å². The predicted molar refractivity (Wildman–Crippen MR) is 132 cm³/mol. The van der Waals surface area contributed by atoms with Crippen LogP contribution in [0.25, 0.3) is 0 Å². The van der Waals surface area contributed by atoms with Gasteiger partial charge in [-0.3, -0.25) is 0 Å². The molecular formula is C22H33IN6O2. The van der Waals surface area contributed by atoms with Gasteiger partial charge in [-0.2, -0.15) is 5.10 Å². The molecule has 2 unspecified atom stereocenters. The molecule has 0 radical (unpaired) electrons. The van der Waals surface area contributed by atoms with Gasteiger partial charge in [0.25, 0.3) is 0 Å². The van der Waals surface area contributed by atoms with Crippen LogP contribution >= 0.6 is 24.0 Å². The van der Waals surface area contributed by atoms with Gasteiger partial charge in [-0.05, 0) is 32.4 Å². The second-order valence-corrected chi connectivity index (χ2v) is 7.96. The third-order valence-electron chi connectivity index (χ3n) is 5.61. The number of aryl methyl sites for hydroxylation is 2. The highest BCUT2D eigenvalue weighted by molar-refractivity contribution is 14.0. The lowest BCUT2D eigenvalue weighted by molar-refractivity contribution is 0.254. The normalized spacial score (nSPS) is 19.7. The van der Waals surface area contributed by atoms with Gasteiger partial charge in [-0.15, -0.1) is 24.0 Å². The van der Waals surface area contributed by atoms with Crippen LogP contribution in [0.4, 0.5) is 0 Å². The van der Waals surface area contributed by atoms with E-state index < -0.39 is 0 Å². The lowest BCUT2D eigenvalue weighted by Gasteiger charge is -2.25. The van der Waals surface area contributed by atoms with Crippen LogP contribution in [0.3, 0.4) is 0 Å². The summed E-state index contributed by atoms with van der Waals surface area (Å²) in [5.74, 6) is 4.63. The summed E-state index contributed by atoms with van der Waals surface area (Å²) in [4.78, 5) is 9.42. The van der Waals surface area contributed by atoms with Crippen LogP contribution in [-0.2, 0) is 32.4 Å². The lowest BCUT2D eigenvalue weighted by atomic mass is 10.1. The molecule has 0 aliphatic carbocycles. The van der Waals surface area contributed by atoms with Gasteiger partial charge < -0.3 is 20.1 Å². The van der Waals surface area contributed by atoms with Crippen LogP contribution in [0.5, 0.6) is 11.5 Å². The van der Waals surface area contributed by atoms with Crippen molar-refractivity contribution in [1.29, 1.82) is 0 Å². The molecule has 2 N–H and O–H groups in total. The van der Waals surface area contributed by atoms with Crippen molar-refractivity contribution in [2.24, 2.45) is 4.99 Å². The molecule has 0 fully saturated rings. The molecule has 0 bridgehead atoms. The van der Waals surface area contributed by atoms with E-state index in [-0.39, 0.29) is 36.1 Å². The van der Waals surface area contributed by atoms with Crippen LogP contribution < -0.4 is 20.1 Å². The van der Waals surface area contributed by atoms with Gasteiger partial charge in [0, 0.05) is 43.0 Å². The first kappa shape index (κ1) is 23.6. The number of nitrogens with zero attached hydrogens (tertiary/aromatic N) is 4. The van der Waals surface area contributed by atoms with Gasteiger partial charge >= 0.3 is 0 Å². The van der Waals surface area contributed by atoms with Gasteiger partial charge in [0.05, 0.1) is 20.2 Å². The minimum absolute atomic E-state index is 0. The van der Waals surface area contributed by atoms with Crippen LogP contribution in [0.15, 0.2) is 17.1 Å². The summed E-state index contributed by atoms with van der Waals surface area (Å²) in [6.45, 7) is 8.38. The highest BCUT2D eigenvalue weighted by atomic mass is 127. The Kier molecular flexibility index (Phi) is 8.01. The third kappa shape index (κ3) is 5.42. The monoisotopic (exact) mass is 540 g/mol. The van der Waals surface area contributed by atoms with Gasteiger partial charge in [0.2, 0.25) is 0 Å². The Labute approximate surface area is 201 Å². The van der Waals surface area contributed by atoms with Crippen molar-refractivity contribution in [3.63, 3.8) is 0 Å². The number of ether oxygens (including phenoxy) is 2. The summed E-state index contributed by atoms with van der Waals surface area (Å²) >= 11 is 0. The van der Waals surface area contributed by atoms with Gasteiger partial charge in [0.1, 0.15) is 23.4 Å². The molecule has 1 aromatic carbocycles. The van der Waals surface area contributed by atoms with E-state index in [9.17, 15) is 0 Å². The van der Waals surface area contributed by atoms with E-state index in [0.29, 0.717) is 6.54 Å². The first-order valence-corrected chi connectivity index (χ1v) is 10.9. The molecule has 31 heavy (non-hydrogen) atoms. The molecule has 0 saturated carbocycles. The molecule has 0 spiro atoms. The number of methoxy groups -OCH3 is 1. The molecule has 8 nitrogen and oxygen atoms in total. The van der Waals surface area contributed by atoms with Crippen molar-refractivity contribution in [2.45, 2.75) is 71.7 Å². The van der Waals surface area contributed by atoms with Gasteiger partial charge in [-0.25, -0.2) is 14.7 Å². The van der Waals surface area contributed by atoms with Gasteiger partial charge in [0.15, 0.2) is 11.8 Å². The zero-order chi connectivity index (χ0) is 21.1. The van der Waals surface area contributed by atoms with Crippen molar-refractivity contribution >= 4 is 29.9 Å². The maximum absolute atomic E-state index is 5.92. The molecular weight excluding hydrogens is 507 g/mol. The Morgan fingerprint density at radius 3 is 2.94 bits per heavy atom. The molecule has 3 heterocycles. The highest BCUT2D eigenvalue weighted by Crippen LogP contribution is 2.35. The number of aliphatic imine (C=N–C) groups is 1. The first-order valence-electron chi connectivity index (χ1n) is 10.9.